The van der Waals surface area contributed by atoms with Crippen molar-refractivity contribution in [1.29, 1.82) is 0 Å². The van der Waals surface area contributed by atoms with Gasteiger partial charge in [-0.1, -0.05) is 23.8 Å². The summed E-state index contributed by atoms with van der Waals surface area (Å²) in [6, 6.07) is 6.91. The van der Waals surface area contributed by atoms with Crippen molar-refractivity contribution in [3.8, 4) is 0 Å². The van der Waals surface area contributed by atoms with Gasteiger partial charge < -0.3 is 10.1 Å². The summed E-state index contributed by atoms with van der Waals surface area (Å²) < 4.78 is 5.48. The lowest BCUT2D eigenvalue weighted by atomic mass is 9.97. The lowest BCUT2D eigenvalue weighted by Crippen LogP contribution is -2.26. The first kappa shape index (κ1) is 8.73. The van der Waals surface area contributed by atoms with E-state index < -0.39 is 0 Å². The third-order valence-corrected chi connectivity index (χ3v) is 2.57. The zero-order chi connectivity index (χ0) is 9.26. The van der Waals surface area contributed by atoms with Crippen molar-refractivity contribution >= 4 is 0 Å². The average Bonchev–Trinajstić information content (AvgIpc) is 2.17. The molecule has 0 unspecified atom stereocenters. The second-order valence-corrected chi connectivity index (χ2v) is 3.56. The monoisotopic (exact) mass is 177 g/mol. The number of likely N-dealkylation sites (N-methyl/N-ethyl adjacent to an activating group) is 1. The number of aryl methyl sites for hydroxylation is 1. The summed E-state index contributed by atoms with van der Waals surface area (Å²) in [5, 5.41) is 3.26. The van der Waals surface area contributed by atoms with Gasteiger partial charge in [0.05, 0.1) is 19.3 Å². The number of ether oxygens (including phenoxy) is 1. The molecular weight excluding hydrogens is 162 g/mol. The predicted octanol–water partition coefficient (Wildman–Crippen LogP) is 1.79. The van der Waals surface area contributed by atoms with E-state index in [0.717, 1.165) is 13.2 Å². The molecule has 1 atom stereocenters. The highest BCUT2D eigenvalue weighted by Gasteiger charge is 2.18. The Morgan fingerprint density at radius 3 is 3.08 bits per heavy atom. The number of fused-ring (bicyclic) bond motifs is 1. The van der Waals surface area contributed by atoms with E-state index in [1.54, 1.807) is 0 Å². The Kier molecular flexibility index (Phi) is 2.34. The molecule has 0 fully saturated rings. The first-order valence-electron chi connectivity index (χ1n) is 4.65. The van der Waals surface area contributed by atoms with Crippen LogP contribution in [0.25, 0.3) is 0 Å². The molecule has 0 radical (unpaired) electrons. The average molecular weight is 177 g/mol. The minimum absolute atomic E-state index is 0.364. The molecule has 0 saturated carbocycles. The minimum Gasteiger partial charge on any atom is -0.375 e. The molecule has 70 valence electrons. The molecule has 1 heterocycles. The van der Waals surface area contributed by atoms with Crippen molar-refractivity contribution in [2.24, 2.45) is 0 Å². The highest BCUT2D eigenvalue weighted by molar-refractivity contribution is 5.34. The third-order valence-electron chi connectivity index (χ3n) is 2.57. The summed E-state index contributed by atoms with van der Waals surface area (Å²) in [7, 11) is 1.98. The Morgan fingerprint density at radius 1 is 1.46 bits per heavy atom. The standard InChI is InChI=1S/C11H15NO/c1-8-3-4-9-6-13-7-11(12-2)10(9)5-8/h3-5,11-12H,6-7H2,1-2H3/t11-/m0/s1. The number of benzene rings is 1. The summed E-state index contributed by atoms with van der Waals surface area (Å²) in [5.41, 5.74) is 4.03. The quantitative estimate of drug-likeness (QED) is 0.706. The summed E-state index contributed by atoms with van der Waals surface area (Å²) in [6.45, 7) is 3.67. The zero-order valence-corrected chi connectivity index (χ0v) is 8.13. The maximum Gasteiger partial charge on any atom is 0.0721 e. The molecule has 1 N–H and O–H groups in total. The van der Waals surface area contributed by atoms with Crippen molar-refractivity contribution in [3.05, 3.63) is 34.9 Å². The molecular formula is C11H15NO. The SMILES string of the molecule is CN[C@H]1COCc2ccc(C)cc21. The maximum atomic E-state index is 5.48. The lowest BCUT2D eigenvalue weighted by molar-refractivity contribution is 0.0844. The van der Waals surface area contributed by atoms with Crippen LogP contribution in [0.4, 0.5) is 0 Å². The molecule has 1 aromatic rings. The van der Waals surface area contributed by atoms with Gasteiger partial charge in [-0.15, -0.1) is 0 Å². The molecule has 2 heteroatoms. The molecule has 0 bridgehead atoms. The number of rotatable bonds is 1. The number of nitrogens with one attached hydrogen (secondary N) is 1. The van der Waals surface area contributed by atoms with Gasteiger partial charge in [0.15, 0.2) is 0 Å². The topological polar surface area (TPSA) is 21.3 Å². The second kappa shape index (κ2) is 3.48. The van der Waals surface area contributed by atoms with E-state index in [-0.39, 0.29) is 0 Å². The van der Waals surface area contributed by atoms with Crippen LogP contribution in [0.15, 0.2) is 18.2 Å². The van der Waals surface area contributed by atoms with Crippen molar-refractivity contribution in [2.45, 2.75) is 19.6 Å². The van der Waals surface area contributed by atoms with Crippen molar-refractivity contribution in [2.75, 3.05) is 13.7 Å². The molecule has 1 aromatic carbocycles. The van der Waals surface area contributed by atoms with Crippen molar-refractivity contribution in [1.82, 2.24) is 5.32 Å². The molecule has 1 aliphatic rings. The van der Waals surface area contributed by atoms with Crippen LogP contribution in [0, 0.1) is 6.92 Å². The summed E-state index contributed by atoms with van der Waals surface area (Å²) in [5.74, 6) is 0. The normalized spacial score (nSPS) is 21.2. The van der Waals surface area contributed by atoms with Crippen LogP contribution >= 0.6 is 0 Å². The first-order valence-corrected chi connectivity index (χ1v) is 4.65. The van der Waals surface area contributed by atoms with Crippen molar-refractivity contribution in [3.63, 3.8) is 0 Å². The van der Waals surface area contributed by atoms with E-state index in [4.69, 9.17) is 4.74 Å². The molecule has 0 aromatic heterocycles. The van der Waals surface area contributed by atoms with Gasteiger partial charge in [-0.3, -0.25) is 0 Å². The Morgan fingerprint density at radius 2 is 2.31 bits per heavy atom. The third kappa shape index (κ3) is 1.60. The maximum absolute atomic E-state index is 5.48. The van der Waals surface area contributed by atoms with Gasteiger partial charge in [0.25, 0.3) is 0 Å². The van der Waals surface area contributed by atoms with Crippen LogP contribution in [0.3, 0.4) is 0 Å². The Labute approximate surface area is 78.9 Å². The number of hydrogen-bond donors (Lipinski definition) is 1. The Bertz CT molecular complexity index is 309. The van der Waals surface area contributed by atoms with Gasteiger partial charge in [0.2, 0.25) is 0 Å². The Hall–Kier alpha value is -0.860. The van der Waals surface area contributed by atoms with Gasteiger partial charge >= 0.3 is 0 Å². The highest BCUT2D eigenvalue weighted by Crippen LogP contribution is 2.25. The molecule has 0 saturated heterocycles. The van der Waals surface area contributed by atoms with E-state index in [9.17, 15) is 0 Å². The van der Waals surface area contributed by atoms with Gasteiger partial charge in [0, 0.05) is 0 Å². The zero-order valence-electron chi connectivity index (χ0n) is 8.13. The molecule has 0 spiro atoms. The molecule has 1 aliphatic heterocycles. The second-order valence-electron chi connectivity index (χ2n) is 3.56. The fraction of sp³-hybridized carbons (Fsp3) is 0.455. The molecule has 13 heavy (non-hydrogen) atoms. The van der Waals surface area contributed by atoms with Crippen LogP contribution < -0.4 is 5.32 Å². The van der Waals surface area contributed by atoms with Gasteiger partial charge in [0.1, 0.15) is 0 Å². The van der Waals surface area contributed by atoms with Crippen LogP contribution in [0.2, 0.25) is 0 Å². The van der Waals surface area contributed by atoms with Crippen molar-refractivity contribution < 1.29 is 4.74 Å². The van der Waals surface area contributed by atoms with Crippen LogP contribution in [0.5, 0.6) is 0 Å². The highest BCUT2D eigenvalue weighted by atomic mass is 16.5. The van der Waals surface area contributed by atoms with E-state index in [0.29, 0.717) is 6.04 Å². The van der Waals surface area contributed by atoms with E-state index >= 15 is 0 Å². The number of hydrogen-bond acceptors (Lipinski definition) is 2. The molecule has 0 aliphatic carbocycles. The minimum atomic E-state index is 0.364. The van der Waals surface area contributed by atoms with Crippen LogP contribution in [-0.2, 0) is 11.3 Å². The molecule has 2 nitrogen and oxygen atoms in total. The first-order chi connectivity index (χ1) is 6.31. The molecule has 2 rings (SSSR count). The lowest BCUT2D eigenvalue weighted by Gasteiger charge is -2.25. The van der Waals surface area contributed by atoms with Gasteiger partial charge in [-0.25, -0.2) is 0 Å². The molecule has 0 amide bonds. The van der Waals surface area contributed by atoms with Gasteiger partial charge in [-0.05, 0) is 25.1 Å². The fourth-order valence-electron chi connectivity index (χ4n) is 1.79. The summed E-state index contributed by atoms with van der Waals surface area (Å²) in [4.78, 5) is 0. The summed E-state index contributed by atoms with van der Waals surface area (Å²) >= 11 is 0. The van der Waals surface area contributed by atoms with E-state index in [1.807, 2.05) is 7.05 Å². The smallest absolute Gasteiger partial charge is 0.0721 e. The fourth-order valence-corrected chi connectivity index (χ4v) is 1.79. The predicted molar refractivity (Wildman–Crippen MR) is 52.6 cm³/mol. The van der Waals surface area contributed by atoms with Gasteiger partial charge in [-0.2, -0.15) is 0 Å². The van der Waals surface area contributed by atoms with E-state index in [1.165, 1.54) is 16.7 Å². The van der Waals surface area contributed by atoms with Crippen LogP contribution in [-0.4, -0.2) is 13.7 Å². The largest absolute Gasteiger partial charge is 0.375 e. The van der Waals surface area contributed by atoms with Crippen LogP contribution in [0.1, 0.15) is 22.7 Å². The Balaban J connectivity index is 2.41. The van der Waals surface area contributed by atoms with E-state index in [2.05, 4.69) is 30.4 Å². The summed E-state index contributed by atoms with van der Waals surface area (Å²) in [6.07, 6.45) is 0.